The van der Waals surface area contributed by atoms with E-state index >= 15 is 0 Å². The van der Waals surface area contributed by atoms with E-state index in [4.69, 9.17) is 14.2 Å². The maximum atomic E-state index is 12.2. The van der Waals surface area contributed by atoms with Gasteiger partial charge in [0.05, 0.1) is 14.2 Å². The van der Waals surface area contributed by atoms with Crippen LogP contribution >= 0.6 is 0 Å². The van der Waals surface area contributed by atoms with Gasteiger partial charge in [0.15, 0.2) is 11.5 Å². The predicted molar refractivity (Wildman–Crippen MR) is 131 cm³/mol. The molecule has 3 aromatic carbocycles. The van der Waals surface area contributed by atoms with Crippen LogP contribution in [0.2, 0.25) is 0 Å². The highest BCUT2D eigenvalue weighted by Crippen LogP contribution is 2.47. The molecule has 4 rings (SSSR count). The van der Waals surface area contributed by atoms with Gasteiger partial charge >= 0.3 is 0 Å². The van der Waals surface area contributed by atoms with Crippen LogP contribution in [0.3, 0.4) is 0 Å². The zero-order valence-corrected chi connectivity index (χ0v) is 19.6. The maximum absolute atomic E-state index is 12.2. The number of rotatable bonds is 7. The summed E-state index contributed by atoms with van der Waals surface area (Å²) in [4.78, 5) is 13.7. The van der Waals surface area contributed by atoms with E-state index in [-0.39, 0.29) is 5.91 Å². The largest absolute Gasteiger partial charge is 0.493 e. The van der Waals surface area contributed by atoms with Gasteiger partial charge in [0, 0.05) is 25.2 Å². The number of allylic oxidation sites excluding steroid dienone is 1. The van der Waals surface area contributed by atoms with E-state index in [1.165, 1.54) is 16.7 Å². The Morgan fingerprint density at radius 2 is 1.61 bits per heavy atom. The van der Waals surface area contributed by atoms with Crippen molar-refractivity contribution in [3.8, 4) is 28.4 Å². The van der Waals surface area contributed by atoms with Crippen LogP contribution in [0.1, 0.15) is 33.5 Å². The number of amides is 1. The maximum Gasteiger partial charge on any atom is 0.253 e. The first kappa shape index (κ1) is 22.5. The van der Waals surface area contributed by atoms with E-state index in [1.54, 1.807) is 33.2 Å². The molecule has 0 radical (unpaired) electrons. The summed E-state index contributed by atoms with van der Waals surface area (Å²) in [6, 6.07) is 17.7. The van der Waals surface area contributed by atoms with Crippen LogP contribution in [0.4, 0.5) is 0 Å². The van der Waals surface area contributed by atoms with E-state index in [0.29, 0.717) is 29.4 Å². The van der Waals surface area contributed by atoms with Gasteiger partial charge in [0.1, 0.15) is 6.61 Å². The number of benzene rings is 3. The summed E-state index contributed by atoms with van der Waals surface area (Å²) in [6.45, 7) is 4.55. The Bertz CT molecular complexity index is 1200. The molecule has 1 aliphatic carbocycles. The van der Waals surface area contributed by atoms with Gasteiger partial charge < -0.3 is 19.1 Å². The number of carbonyl (C=O) groups is 1. The van der Waals surface area contributed by atoms with Gasteiger partial charge in [-0.25, -0.2) is 0 Å². The van der Waals surface area contributed by atoms with Crippen LogP contribution < -0.4 is 14.2 Å². The molecule has 0 N–H and O–H groups in total. The summed E-state index contributed by atoms with van der Waals surface area (Å²) in [5, 5.41) is 0. The first-order valence-electron chi connectivity index (χ1n) is 10.9. The van der Waals surface area contributed by atoms with Gasteiger partial charge in [-0.15, -0.1) is 0 Å². The first-order chi connectivity index (χ1) is 15.9. The van der Waals surface area contributed by atoms with Crippen molar-refractivity contribution in [1.82, 2.24) is 4.90 Å². The van der Waals surface area contributed by atoms with Crippen molar-refractivity contribution < 1.29 is 19.0 Å². The normalized spacial score (nSPS) is 12.3. The second-order valence-corrected chi connectivity index (χ2v) is 8.30. The monoisotopic (exact) mass is 443 g/mol. The number of ether oxygens (including phenoxy) is 3. The number of fused-ring (bicyclic) bond motifs is 1. The third kappa shape index (κ3) is 4.31. The Labute approximate surface area is 195 Å². The minimum Gasteiger partial charge on any atom is -0.493 e. The summed E-state index contributed by atoms with van der Waals surface area (Å²) in [6.07, 6.45) is 1.92. The van der Waals surface area contributed by atoms with Crippen LogP contribution in [0.15, 0.2) is 61.2 Å². The standard InChI is InChI=1S/C28H29NO4/c1-18-9-14-23-21(18)7-6-8-22(23)24-15-16-25(31-4)27(32-5)26(24)33-17-19-10-12-20(13-11-19)28(30)29(2)3/h6-8,10-13,15-16H,1,9,14,17H2,2-5H3. The van der Waals surface area contributed by atoms with Crippen LogP contribution in [-0.4, -0.2) is 39.1 Å². The Morgan fingerprint density at radius 3 is 2.27 bits per heavy atom. The van der Waals surface area contributed by atoms with E-state index < -0.39 is 0 Å². The van der Waals surface area contributed by atoms with Gasteiger partial charge in [-0.3, -0.25) is 4.79 Å². The van der Waals surface area contributed by atoms with E-state index in [2.05, 4.69) is 24.8 Å². The highest BCUT2D eigenvalue weighted by molar-refractivity contribution is 5.93. The minimum absolute atomic E-state index is 0.0289. The number of carbonyl (C=O) groups excluding carboxylic acids is 1. The fraction of sp³-hybridized carbons (Fsp3) is 0.250. The molecular formula is C28H29NO4. The highest BCUT2D eigenvalue weighted by atomic mass is 16.5. The molecule has 33 heavy (non-hydrogen) atoms. The lowest BCUT2D eigenvalue weighted by Crippen LogP contribution is -2.21. The molecule has 5 nitrogen and oxygen atoms in total. The Morgan fingerprint density at radius 1 is 0.879 bits per heavy atom. The topological polar surface area (TPSA) is 48.0 Å². The molecule has 0 fully saturated rings. The molecular weight excluding hydrogens is 414 g/mol. The predicted octanol–water partition coefficient (Wildman–Crippen LogP) is 5.61. The first-order valence-corrected chi connectivity index (χ1v) is 10.9. The van der Waals surface area contributed by atoms with Crippen LogP contribution in [0.5, 0.6) is 17.2 Å². The van der Waals surface area contributed by atoms with Crippen LogP contribution in [0.25, 0.3) is 16.7 Å². The lowest BCUT2D eigenvalue weighted by atomic mass is 9.95. The van der Waals surface area contributed by atoms with Crippen molar-refractivity contribution >= 4 is 11.5 Å². The molecule has 1 amide bonds. The molecule has 0 saturated carbocycles. The zero-order chi connectivity index (χ0) is 23.5. The molecule has 0 atom stereocenters. The quantitative estimate of drug-likeness (QED) is 0.476. The van der Waals surface area contributed by atoms with Crippen molar-refractivity contribution in [2.75, 3.05) is 28.3 Å². The SMILES string of the molecule is C=C1CCc2c1cccc2-c1ccc(OC)c(OC)c1OCc1ccc(C(=O)N(C)C)cc1. The molecule has 170 valence electrons. The van der Waals surface area contributed by atoms with Crippen molar-refractivity contribution in [3.05, 3.63) is 83.4 Å². The van der Waals surface area contributed by atoms with Gasteiger partial charge in [0.25, 0.3) is 5.91 Å². The average molecular weight is 444 g/mol. The molecule has 0 aliphatic heterocycles. The summed E-state index contributed by atoms with van der Waals surface area (Å²) < 4.78 is 17.6. The number of hydrogen-bond acceptors (Lipinski definition) is 4. The third-order valence-corrected chi connectivity index (χ3v) is 6.01. The summed E-state index contributed by atoms with van der Waals surface area (Å²) >= 11 is 0. The van der Waals surface area contributed by atoms with Crippen molar-refractivity contribution in [2.24, 2.45) is 0 Å². The lowest BCUT2D eigenvalue weighted by Gasteiger charge is -2.19. The zero-order valence-electron chi connectivity index (χ0n) is 19.6. The van der Waals surface area contributed by atoms with Gasteiger partial charge in [-0.2, -0.15) is 0 Å². The molecule has 0 unspecified atom stereocenters. The number of methoxy groups -OCH3 is 2. The fourth-order valence-corrected chi connectivity index (χ4v) is 4.26. The molecule has 0 bridgehead atoms. The van der Waals surface area contributed by atoms with Crippen molar-refractivity contribution in [3.63, 3.8) is 0 Å². The number of hydrogen-bond donors (Lipinski definition) is 0. The highest BCUT2D eigenvalue weighted by Gasteiger charge is 2.24. The van der Waals surface area contributed by atoms with Gasteiger partial charge in [-0.1, -0.05) is 36.9 Å². The number of nitrogens with zero attached hydrogens (tertiary/aromatic N) is 1. The molecule has 3 aromatic rings. The summed E-state index contributed by atoms with van der Waals surface area (Å²) in [5.41, 5.74) is 7.34. The molecule has 0 aromatic heterocycles. The molecule has 0 saturated heterocycles. The van der Waals surface area contributed by atoms with Crippen molar-refractivity contribution in [1.29, 1.82) is 0 Å². The van der Waals surface area contributed by atoms with Gasteiger partial charge in [-0.05, 0) is 64.9 Å². The van der Waals surface area contributed by atoms with Crippen molar-refractivity contribution in [2.45, 2.75) is 19.4 Å². The van der Waals surface area contributed by atoms with Crippen LogP contribution in [0, 0.1) is 0 Å². The average Bonchev–Trinajstić information content (AvgIpc) is 3.22. The third-order valence-electron chi connectivity index (χ3n) is 6.01. The second-order valence-electron chi connectivity index (χ2n) is 8.30. The lowest BCUT2D eigenvalue weighted by molar-refractivity contribution is 0.0827. The van der Waals surface area contributed by atoms with E-state index in [1.807, 2.05) is 36.4 Å². The van der Waals surface area contributed by atoms with Gasteiger partial charge in [0.2, 0.25) is 5.75 Å². The molecule has 5 heteroatoms. The van der Waals surface area contributed by atoms with Crippen LogP contribution in [-0.2, 0) is 13.0 Å². The Kier molecular flexibility index (Phi) is 6.40. The summed E-state index contributed by atoms with van der Waals surface area (Å²) in [5.74, 6) is 1.78. The van der Waals surface area contributed by atoms with E-state index in [0.717, 1.165) is 29.5 Å². The smallest absolute Gasteiger partial charge is 0.253 e. The molecule has 1 aliphatic rings. The summed E-state index contributed by atoms with van der Waals surface area (Å²) in [7, 11) is 6.72. The fourth-order valence-electron chi connectivity index (χ4n) is 4.26. The molecule has 0 spiro atoms. The molecule has 0 heterocycles. The van der Waals surface area contributed by atoms with E-state index in [9.17, 15) is 4.79 Å². The minimum atomic E-state index is -0.0289. The second kappa shape index (κ2) is 9.41. The Balaban J connectivity index is 1.71. The Hall–Kier alpha value is -3.73.